The fraction of sp³-hybridized carbons (Fsp3) is 0.462. The molecule has 2 rings (SSSR count). The average Bonchev–Trinajstić information content (AvgIpc) is 2.58. The largest absolute Gasteiger partial charge is 0.328 e. The molecule has 1 aromatic heterocycles. The van der Waals surface area contributed by atoms with E-state index in [2.05, 4.69) is 30.3 Å². The predicted molar refractivity (Wildman–Crippen MR) is 69.1 cm³/mol. The summed E-state index contributed by atoms with van der Waals surface area (Å²) in [6.07, 6.45) is 1.11. The quantitative estimate of drug-likeness (QED) is 0.780. The van der Waals surface area contributed by atoms with Crippen LogP contribution in [0, 0.1) is 0 Å². The van der Waals surface area contributed by atoms with E-state index >= 15 is 0 Å². The van der Waals surface area contributed by atoms with Gasteiger partial charge >= 0.3 is 0 Å². The smallest absolute Gasteiger partial charge is 0.112 e. The fourth-order valence-corrected chi connectivity index (χ4v) is 2.18. The molecule has 0 amide bonds. The summed E-state index contributed by atoms with van der Waals surface area (Å²) in [5.74, 6) is 1.59. The van der Waals surface area contributed by atoms with Crippen molar-refractivity contribution in [1.82, 2.24) is 9.55 Å². The molecule has 2 aromatic rings. The van der Waals surface area contributed by atoms with Crippen molar-refractivity contribution in [1.29, 1.82) is 0 Å². The van der Waals surface area contributed by atoms with Crippen LogP contribution >= 0.6 is 11.6 Å². The summed E-state index contributed by atoms with van der Waals surface area (Å²) in [7, 11) is 0. The average molecular weight is 237 g/mol. The SMILES string of the molecule is CCCn1c(C(C)C)nc2ccc(Cl)cc21. The molecule has 0 atom stereocenters. The Kier molecular flexibility index (Phi) is 3.20. The second-order valence-corrected chi connectivity index (χ2v) is 4.85. The Balaban J connectivity index is 2.67. The normalized spacial score (nSPS) is 11.6. The Morgan fingerprint density at radius 2 is 2.12 bits per heavy atom. The lowest BCUT2D eigenvalue weighted by Crippen LogP contribution is -2.04. The van der Waals surface area contributed by atoms with Crippen molar-refractivity contribution in [2.45, 2.75) is 39.7 Å². The van der Waals surface area contributed by atoms with Gasteiger partial charge in [0.05, 0.1) is 11.0 Å². The molecular formula is C13H17ClN2. The molecule has 2 nitrogen and oxygen atoms in total. The van der Waals surface area contributed by atoms with Crippen molar-refractivity contribution in [3.05, 3.63) is 29.0 Å². The molecule has 0 bridgehead atoms. The standard InChI is InChI=1S/C13H17ClN2/c1-4-7-16-12-8-10(14)5-6-11(12)15-13(16)9(2)3/h5-6,8-9H,4,7H2,1-3H3. The van der Waals surface area contributed by atoms with Crippen molar-refractivity contribution in [2.75, 3.05) is 0 Å². The highest BCUT2D eigenvalue weighted by Gasteiger charge is 2.12. The zero-order valence-corrected chi connectivity index (χ0v) is 10.8. The number of hydrogen-bond acceptors (Lipinski definition) is 1. The minimum Gasteiger partial charge on any atom is -0.328 e. The van der Waals surface area contributed by atoms with E-state index in [1.165, 1.54) is 0 Å². The van der Waals surface area contributed by atoms with Gasteiger partial charge in [-0.1, -0.05) is 32.4 Å². The monoisotopic (exact) mass is 236 g/mol. The van der Waals surface area contributed by atoms with Crippen LogP contribution in [0.25, 0.3) is 11.0 Å². The Labute approximate surface area is 101 Å². The summed E-state index contributed by atoms with van der Waals surface area (Å²) in [5, 5.41) is 0.778. The number of halogens is 1. The molecule has 0 N–H and O–H groups in total. The third-order valence-electron chi connectivity index (χ3n) is 2.70. The third kappa shape index (κ3) is 1.94. The van der Waals surface area contributed by atoms with Crippen LogP contribution in [0.5, 0.6) is 0 Å². The van der Waals surface area contributed by atoms with E-state index in [4.69, 9.17) is 11.6 Å². The van der Waals surface area contributed by atoms with Crippen LogP contribution in [0.3, 0.4) is 0 Å². The number of benzene rings is 1. The van der Waals surface area contributed by atoms with Gasteiger partial charge in [0.2, 0.25) is 0 Å². The van der Waals surface area contributed by atoms with Gasteiger partial charge in [0.1, 0.15) is 5.82 Å². The first-order valence-electron chi connectivity index (χ1n) is 5.79. The van der Waals surface area contributed by atoms with Crippen molar-refractivity contribution < 1.29 is 0 Å². The number of imidazole rings is 1. The van der Waals surface area contributed by atoms with E-state index in [-0.39, 0.29) is 0 Å². The third-order valence-corrected chi connectivity index (χ3v) is 2.94. The van der Waals surface area contributed by atoms with Gasteiger partial charge in [0, 0.05) is 17.5 Å². The Hall–Kier alpha value is -1.02. The van der Waals surface area contributed by atoms with E-state index in [0.717, 1.165) is 34.8 Å². The second kappa shape index (κ2) is 4.46. The van der Waals surface area contributed by atoms with Crippen LogP contribution in [0.15, 0.2) is 18.2 Å². The summed E-state index contributed by atoms with van der Waals surface area (Å²) >= 11 is 6.04. The molecule has 0 saturated heterocycles. The topological polar surface area (TPSA) is 17.8 Å². The predicted octanol–water partition coefficient (Wildman–Crippen LogP) is 4.22. The van der Waals surface area contributed by atoms with Crippen LogP contribution < -0.4 is 0 Å². The lowest BCUT2D eigenvalue weighted by atomic mass is 10.2. The molecule has 0 aliphatic rings. The van der Waals surface area contributed by atoms with Crippen LogP contribution in [0.1, 0.15) is 38.9 Å². The molecule has 0 spiro atoms. The summed E-state index contributed by atoms with van der Waals surface area (Å²) < 4.78 is 2.28. The van der Waals surface area contributed by atoms with Gasteiger partial charge in [0.15, 0.2) is 0 Å². The molecule has 1 heterocycles. The van der Waals surface area contributed by atoms with Crippen LogP contribution in [-0.2, 0) is 6.54 Å². The van der Waals surface area contributed by atoms with Gasteiger partial charge < -0.3 is 4.57 Å². The molecule has 0 fully saturated rings. The minimum atomic E-state index is 0.442. The van der Waals surface area contributed by atoms with E-state index in [1.54, 1.807) is 0 Å². The van der Waals surface area contributed by atoms with Crippen molar-refractivity contribution in [3.63, 3.8) is 0 Å². The lowest BCUT2D eigenvalue weighted by Gasteiger charge is -2.09. The highest BCUT2D eigenvalue weighted by Crippen LogP contribution is 2.24. The molecule has 3 heteroatoms. The molecule has 16 heavy (non-hydrogen) atoms. The van der Waals surface area contributed by atoms with E-state index in [0.29, 0.717) is 5.92 Å². The Morgan fingerprint density at radius 3 is 2.75 bits per heavy atom. The van der Waals surface area contributed by atoms with Crippen LogP contribution in [0.4, 0.5) is 0 Å². The van der Waals surface area contributed by atoms with Gasteiger partial charge in [-0.15, -0.1) is 0 Å². The summed E-state index contributed by atoms with van der Waals surface area (Å²) in [4.78, 5) is 4.68. The van der Waals surface area contributed by atoms with E-state index in [1.807, 2.05) is 18.2 Å². The van der Waals surface area contributed by atoms with Gasteiger partial charge in [-0.3, -0.25) is 0 Å². The first-order chi connectivity index (χ1) is 7.63. The fourth-order valence-electron chi connectivity index (χ4n) is 2.01. The summed E-state index contributed by atoms with van der Waals surface area (Å²) in [5.41, 5.74) is 2.19. The van der Waals surface area contributed by atoms with Crippen LogP contribution in [-0.4, -0.2) is 9.55 Å². The summed E-state index contributed by atoms with van der Waals surface area (Å²) in [6, 6.07) is 5.90. The van der Waals surface area contributed by atoms with E-state index in [9.17, 15) is 0 Å². The number of aromatic nitrogens is 2. The lowest BCUT2D eigenvalue weighted by molar-refractivity contribution is 0.624. The molecule has 0 unspecified atom stereocenters. The Bertz CT molecular complexity index is 500. The summed E-state index contributed by atoms with van der Waals surface area (Å²) in [6.45, 7) is 7.54. The molecular weight excluding hydrogens is 220 g/mol. The zero-order valence-electron chi connectivity index (χ0n) is 10.00. The van der Waals surface area contributed by atoms with E-state index < -0.39 is 0 Å². The number of nitrogens with zero attached hydrogens (tertiary/aromatic N) is 2. The maximum absolute atomic E-state index is 6.04. The number of aryl methyl sites for hydroxylation is 1. The van der Waals surface area contributed by atoms with Gasteiger partial charge in [-0.25, -0.2) is 4.98 Å². The second-order valence-electron chi connectivity index (χ2n) is 4.41. The molecule has 0 saturated carbocycles. The van der Waals surface area contributed by atoms with Crippen molar-refractivity contribution in [3.8, 4) is 0 Å². The molecule has 0 aliphatic carbocycles. The minimum absolute atomic E-state index is 0.442. The highest BCUT2D eigenvalue weighted by molar-refractivity contribution is 6.31. The van der Waals surface area contributed by atoms with Gasteiger partial charge in [0.25, 0.3) is 0 Å². The number of hydrogen-bond donors (Lipinski definition) is 0. The van der Waals surface area contributed by atoms with Crippen molar-refractivity contribution in [2.24, 2.45) is 0 Å². The van der Waals surface area contributed by atoms with Crippen molar-refractivity contribution >= 4 is 22.6 Å². The van der Waals surface area contributed by atoms with Gasteiger partial charge in [-0.05, 0) is 24.6 Å². The highest BCUT2D eigenvalue weighted by atomic mass is 35.5. The van der Waals surface area contributed by atoms with Gasteiger partial charge in [-0.2, -0.15) is 0 Å². The first-order valence-corrected chi connectivity index (χ1v) is 6.17. The zero-order chi connectivity index (χ0) is 11.7. The maximum Gasteiger partial charge on any atom is 0.112 e. The molecule has 0 aliphatic heterocycles. The number of fused-ring (bicyclic) bond motifs is 1. The Morgan fingerprint density at radius 1 is 1.38 bits per heavy atom. The first kappa shape index (κ1) is 11.5. The van der Waals surface area contributed by atoms with Crippen LogP contribution in [0.2, 0.25) is 5.02 Å². The molecule has 86 valence electrons. The molecule has 1 aromatic carbocycles. The maximum atomic E-state index is 6.04. The number of rotatable bonds is 3. The molecule has 0 radical (unpaired) electrons.